The van der Waals surface area contributed by atoms with Crippen molar-refractivity contribution in [2.45, 2.75) is 32.4 Å². The molecule has 2 rings (SSSR count). The smallest absolute Gasteiger partial charge is 0.308 e. The van der Waals surface area contributed by atoms with E-state index in [1.54, 1.807) is 37.3 Å². The molecule has 0 fully saturated rings. The number of rotatable bonds is 8. The molecular formula is C20H22FNO4. The summed E-state index contributed by atoms with van der Waals surface area (Å²) < 4.78 is 19.3. The van der Waals surface area contributed by atoms with Crippen molar-refractivity contribution in [3.8, 4) is 5.75 Å². The molecule has 3 unspecified atom stereocenters. The van der Waals surface area contributed by atoms with Crippen molar-refractivity contribution < 1.29 is 23.8 Å². The van der Waals surface area contributed by atoms with Gasteiger partial charge in [0, 0.05) is 0 Å². The van der Waals surface area contributed by atoms with Crippen LogP contribution >= 0.6 is 0 Å². The van der Waals surface area contributed by atoms with Gasteiger partial charge in [0.25, 0.3) is 5.91 Å². The normalized spacial score (nSPS) is 14.1. The third-order valence-corrected chi connectivity index (χ3v) is 4.12. The van der Waals surface area contributed by atoms with E-state index in [-0.39, 0.29) is 5.75 Å². The lowest BCUT2D eigenvalue weighted by Gasteiger charge is -2.26. The molecule has 0 aliphatic rings. The Morgan fingerprint density at radius 3 is 2.31 bits per heavy atom. The molecule has 0 saturated carbocycles. The number of hydrogen-bond acceptors (Lipinski definition) is 3. The number of ether oxygens (including phenoxy) is 1. The number of hydrogen-bond donors (Lipinski definition) is 2. The van der Waals surface area contributed by atoms with Crippen molar-refractivity contribution in [1.82, 2.24) is 5.32 Å². The van der Waals surface area contributed by atoms with Crippen molar-refractivity contribution in [3.63, 3.8) is 0 Å². The van der Waals surface area contributed by atoms with Crippen LogP contribution in [0, 0.1) is 11.7 Å². The van der Waals surface area contributed by atoms with Gasteiger partial charge in [0.05, 0.1) is 12.0 Å². The summed E-state index contributed by atoms with van der Waals surface area (Å²) in [7, 11) is 0. The summed E-state index contributed by atoms with van der Waals surface area (Å²) in [4.78, 5) is 24.1. The highest BCUT2D eigenvalue weighted by atomic mass is 19.1. The first kappa shape index (κ1) is 19.4. The Morgan fingerprint density at radius 1 is 1.12 bits per heavy atom. The highest BCUT2D eigenvalue weighted by Crippen LogP contribution is 2.23. The summed E-state index contributed by atoms with van der Waals surface area (Å²) >= 11 is 0. The second kappa shape index (κ2) is 8.99. The Labute approximate surface area is 151 Å². The highest BCUT2D eigenvalue weighted by Gasteiger charge is 2.30. The number of nitrogens with one attached hydrogen (secondary N) is 1. The summed E-state index contributed by atoms with van der Waals surface area (Å²) in [5.41, 5.74) is 0.677. The van der Waals surface area contributed by atoms with Gasteiger partial charge in [0.15, 0.2) is 17.7 Å². The molecule has 0 saturated heterocycles. The van der Waals surface area contributed by atoms with Crippen molar-refractivity contribution in [3.05, 3.63) is 66.0 Å². The zero-order valence-corrected chi connectivity index (χ0v) is 14.7. The largest absolute Gasteiger partial charge is 0.481 e. The zero-order valence-electron chi connectivity index (χ0n) is 14.7. The molecule has 0 radical (unpaired) electrons. The molecular weight excluding hydrogens is 337 g/mol. The van der Waals surface area contributed by atoms with Crippen molar-refractivity contribution >= 4 is 11.9 Å². The molecule has 0 spiro atoms. The van der Waals surface area contributed by atoms with Crippen LogP contribution in [0.3, 0.4) is 0 Å². The van der Waals surface area contributed by atoms with Gasteiger partial charge in [0.2, 0.25) is 0 Å². The third kappa shape index (κ3) is 4.81. The number of benzene rings is 2. The quantitative estimate of drug-likeness (QED) is 0.756. The van der Waals surface area contributed by atoms with Crippen LogP contribution in [-0.4, -0.2) is 23.1 Å². The van der Waals surface area contributed by atoms with Gasteiger partial charge < -0.3 is 15.2 Å². The van der Waals surface area contributed by atoms with E-state index in [2.05, 4.69) is 5.32 Å². The molecule has 2 aromatic rings. The Morgan fingerprint density at radius 2 is 1.73 bits per heavy atom. The van der Waals surface area contributed by atoms with Crippen LogP contribution in [0.5, 0.6) is 5.75 Å². The SMILES string of the molecule is CCC(Oc1ccccc1F)C(=O)NC(c1ccccc1)C(C)C(=O)O. The number of amides is 1. The first-order valence-corrected chi connectivity index (χ1v) is 8.43. The maximum Gasteiger partial charge on any atom is 0.308 e. The van der Waals surface area contributed by atoms with Crippen LogP contribution in [0.4, 0.5) is 4.39 Å². The van der Waals surface area contributed by atoms with Gasteiger partial charge in [-0.3, -0.25) is 9.59 Å². The second-order valence-corrected chi connectivity index (χ2v) is 5.97. The number of carboxylic acids is 1. The fourth-order valence-electron chi connectivity index (χ4n) is 2.56. The number of aliphatic carboxylic acids is 1. The maximum atomic E-state index is 13.8. The van der Waals surface area contributed by atoms with Crippen LogP contribution in [0.1, 0.15) is 31.9 Å². The number of para-hydroxylation sites is 1. The molecule has 0 bridgehead atoms. The Bertz CT molecular complexity index is 750. The second-order valence-electron chi connectivity index (χ2n) is 5.97. The summed E-state index contributed by atoms with van der Waals surface area (Å²) in [5.74, 6) is -2.93. The number of carboxylic acid groups (broad SMARTS) is 1. The topological polar surface area (TPSA) is 75.6 Å². The molecule has 0 aromatic heterocycles. The molecule has 1 amide bonds. The molecule has 6 heteroatoms. The fraction of sp³-hybridized carbons (Fsp3) is 0.300. The van der Waals surface area contributed by atoms with E-state index in [9.17, 15) is 19.1 Å². The van der Waals surface area contributed by atoms with Crippen molar-refractivity contribution in [1.29, 1.82) is 0 Å². The lowest BCUT2D eigenvalue weighted by molar-refractivity contribution is -0.142. The van der Waals surface area contributed by atoms with E-state index in [1.165, 1.54) is 25.1 Å². The zero-order chi connectivity index (χ0) is 19.1. The van der Waals surface area contributed by atoms with Crippen LogP contribution in [-0.2, 0) is 9.59 Å². The van der Waals surface area contributed by atoms with Crippen molar-refractivity contribution in [2.24, 2.45) is 5.92 Å². The summed E-state index contributed by atoms with van der Waals surface area (Å²) in [6.45, 7) is 3.27. The van der Waals surface area contributed by atoms with Crippen LogP contribution in [0.2, 0.25) is 0 Å². The van der Waals surface area contributed by atoms with E-state index in [1.807, 2.05) is 6.07 Å². The average Bonchev–Trinajstić information content (AvgIpc) is 2.65. The van der Waals surface area contributed by atoms with E-state index >= 15 is 0 Å². The lowest BCUT2D eigenvalue weighted by atomic mass is 9.94. The van der Waals surface area contributed by atoms with Crippen LogP contribution in [0.25, 0.3) is 0 Å². The number of carbonyl (C=O) groups is 2. The molecule has 138 valence electrons. The molecule has 2 N–H and O–H groups in total. The van der Waals surface area contributed by atoms with Crippen LogP contribution < -0.4 is 10.1 Å². The molecule has 0 heterocycles. The predicted octanol–water partition coefficient (Wildman–Crippen LogP) is 3.56. The Kier molecular flexibility index (Phi) is 6.72. The third-order valence-electron chi connectivity index (χ3n) is 4.12. The van der Waals surface area contributed by atoms with Gasteiger partial charge in [0.1, 0.15) is 0 Å². The molecule has 0 aliphatic heterocycles. The summed E-state index contributed by atoms with van der Waals surface area (Å²) in [6.07, 6.45) is -0.623. The minimum atomic E-state index is -1.03. The molecule has 26 heavy (non-hydrogen) atoms. The minimum absolute atomic E-state index is 0.0166. The van der Waals surface area contributed by atoms with E-state index in [4.69, 9.17) is 4.74 Å². The highest BCUT2D eigenvalue weighted by molar-refractivity contribution is 5.82. The number of halogens is 1. The first-order chi connectivity index (χ1) is 12.4. The summed E-state index contributed by atoms with van der Waals surface area (Å²) in [5, 5.41) is 12.1. The van der Waals surface area contributed by atoms with Gasteiger partial charge in [-0.15, -0.1) is 0 Å². The van der Waals surface area contributed by atoms with E-state index < -0.39 is 35.8 Å². The van der Waals surface area contributed by atoms with Gasteiger partial charge in [-0.25, -0.2) is 4.39 Å². The van der Waals surface area contributed by atoms with Gasteiger partial charge in [-0.1, -0.05) is 49.4 Å². The monoisotopic (exact) mass is 359 g/mol. The van der Waals surface area contributed by atoms with Crippen molar-refractivity contribution in [2.75, 3.05) is 0 Å². The molecule has 2 aromatic carbocycles. The maximum absolute atomic E-state index is 13.8. The predicted molar refractivity (Wildman–Crippen MR) is 95.2 cm³/mol. The first-order valence-electron chi connectivity index (χ1n) is 8.43. The van der Waals surface area contributed by atoms with Crippen LogP contribution in [0.15, 0.2) is 54.6 Å². The Hall–Kier alpha value is -2.89. The summed E-state index contributed by atoms with van der Waals surface area (Å²) in [6, 6.07) is 14.0. The Balaban J connectivity index is 2.19. The van der Waals surface area contributed by atoms with Gasteiger partial charge >= 0.3 is 5.97 Å². The van der Waals surface area contributed by atoms with E-state index in [0.717, 1.165) is 0 Å². The molecule has 0 aliphatic carbocycles. The average molecular weight is 359 g/mol. The minimum Gasteiger partial charge on any atom is -0.481 e. The lowest BCUT2D eigenvalue weighted by Crippen LogP contribution is -2.43. The van der Waals surface area contributed by atoms with Gasteiger partial charge in [-0.2, -0.15) is 0 Å². The van der Waals surface area contributed by atoms with E-state index in [0.29, 0.717) is 12.0 Å². The fourth-order valence-corrected chi connectivity index (χ4v) is 2.56. The number of carbonyl (C=O) groups excluding carboxylic acids is 1. The van der Waals surface area contributed by atoms with Gasteiger partial charge in [-0.05, 0) is 31.0 Å². The standard InChI is InChI=1S/C20H22FNO4/c1-3-16(26-17-12-8-7-11-15(17)21)19(23)22-18(13(2)20(24)25)14-9-5-4-6-10-14/h4-13,16,18H,3H2,1-2H3,(H,22,23)(H,24,25). The molecule has 5 nitrogen and oxygen atoms in total. The molecule has 3 atom stereocenters.